The molecule has 1 saturated carbocycles. The van der Waals surface area contributed by atoms with Gasteiger partial charge < -0.3 is 10.2 Å². The van der Waals surface area contributed by atoms with Crippen molar-refractivity contribution in [3.8, 4) is 5.82 Å². The molecule has 34 heavy (non-hydrogen) atoms. The van der Waals surface area contributed by atoms with Gasteiger partial charge in [-0.3, -0.25) is 14.5 Å². The summed E-state index contributed by atoms with van der Waals surface area (Å²) in [5.41, 5.74) is 3.07. The number of nitrogens with one attached hydrogen (secondary N) is 1. The van der Waals surface area contributed by atoms with Gasteiger partial charge in [0, 0.05) is 50.0 Å². The minimum absolute atomic E-state index is 0.00394. The Morgan fingerprint density at radius 1 is 1.15 bits per heavy atom. The van der Waals surface area contributed by atoms with Crippen LogP contribution in [0.5, 0.6) is 0 Å². The van der Waals surface area contributed by atoms with Crippen LogP contribution in [-0.4, -0.2) is 80.1 Å². The zero-order chi connectivity index (χ0) is 23.8. The molecule has 9 nitrogen and oxygen atoms in total. The number of pyridine rings is 2. The fourth-order valence-electron chi connectivity index (χ4n) is 4.55. The van der Waals surface area contributed by atoms with Crippen LogP contribution in [0.2, 0.25) is 0 Å². The van der Waals surface area contributed by atoms with Crippen molar-refractivity contribution in [3.63, 3.8) is 0 Å². The maximum Gasteiger partial charge on any atom is 0.254 e. The van der Waals surface area contributed by atoms with Gasteiger partial charge in [-0.2, -0.15) is 9.78 Å². The molecule has 0 atom stereocenters. The predicted octanol–water partition coefficient (Wildman–Crippen LogP) is 2.28. The van der Waals surface area contributed by atoms with E-state index < -0.39 is 0 Å². The molecule has 0 radical (unpaired) electrons. The summed E-state index contributed by atoms with van der Waals surface area (Å²) in [4.78, 5) is 39.2. The van der Waals surface area contributed by atoms with Crippen LogP contribution in [0.25, 0.3) is 16.9 Å². The molecular formula is C25H31N7O2. The minimum atomic E-state index is 0.00394. The van der Waals surface area contributed by atoms with E-state index in [1.807, 2.05) is 49.9 Å². The molecule has 1 saturated heterocycles. The first-order valence-electron chi connectivity index (χ1n) is 12.0. The van der Waals surface area contributed by atoms with Crippen LogP contribution in [0.4, 0.5) is 0 Å². The average molecular weight is 462 g/mol. The van der Waals surface area contributed by atoms with Crippen LogP contribution >= 0.6 is 0 Å². The van der Waals surface area contributed by atoms with E-state index in [4.69, 9.17) is 10.1 Å². The standard InChI is InChI=1S/C25H31N7O2/c1-16(2)27-22(33)15-30-10-12-31(13-11-30)25(34)19-14-20(18-7-8-18)28-24-23(19)17(3)29-32(24)21-6-4-5-9-26-21/h4-6,9,14,16,18H,7-8,10-13,15H2,1-3H3,(H,27,33). The lowest BCUT2D eigenvalue weighted by Gasteiger charge is -2.34. The molecule has 9 heteroatoms. The second kappa shape index (κ2) is 9.13. The molecule has 5 rings (SSSR count). The lowest BCUT2D eigenvalue weighted by Crippen LogP contribution is -2.51. The molecule has 0 bridgehead atoms. The molecule has 2 amide bonds. The summed E-state index contributed by atoms with van der Waals surface area (Å²) in [5, 5.41) is 8.43. The summed E-state index contributed by atoms with van der Waals surface area (Å²) in [6, 6.07) is 7.78. The maximum atomic E-state index is 13.7. The summed E-state index contributed by atoms with van der Waals surface area (Å²) < 4.78 is 1.75. The quantitative estimate of drug-likeness (QED) is 0.605. The van der Waals surface area contributed by atoms with Gasteiger partial charge in [-0.15, -0.1) is 0 Å². The average Bonchev–Trinajstić information content (AvgIpc) is 3.62. The first-order valence-corrected chi connectivity index (χ1v) is 12.0. The number of fused-ring (bicyclic) bond motifs is 1. The lowest BCUT2D eigenvalue weighted by molar-refractivity contribution is -0.123. The number of aryl methyl sites for hydroxylation is 1. The molecule has 1 N–H and O–H groups in total. The molecule has 3 aromatic rings. The third-order valence-corrected chi connectivity index (χ3v) is 6.40. The van der Waals surface area contributed by atoms with Gasteiger partial charge in [0.1, 0.15) is 0 Å². The molecule has 1 aliphatic heterocycles. The molecule has 1 aliphatic carbocycles. The number of hydrogen-bond acceptors (Lipinski definition) is 6. The van der Waals surface area contributed by atoms with E-state index in [2.05, 4.69) is 15.2 Å². The third kappa shape index (κ3) is 4.52. The van der Waals surface area contributed by atoms with Gasteiger partial charge >= 0.3 is 0 Å². The molecule has 178 valence electrons. The highest BCUT2D eigenvalue weighted by Crippen LogP contribution is 2.41. The molecular weight excluding hydrogens is 430 g/mol. The zero-order valence-corrected chi connectivity index (χ0v) is 20.0. The van der Waals surface area contributed by atoms with Gasteiger partial charge in [-0.1, -0.05) is 6.07 Å². The smallest absolute Gasteiger partial charge is 0.254 e. The van der Waals surface area contributed by atoms with Crippen LogP contribution in [0.3, 0.4) is 0 Å². The van der Waals surface area contributed by atoms with Crippen molar-refractivity contribution >= 4 is 22.8 Å². The highest BCUT2D eigenvalue weighted by molar-refractivity contribution is 6.07. The molecule has 0 spiro atoms. The summed E-state index contributed by atoms with van der Waals surface area (Å²) in [5.74, 6) is 1.12. The van der Waals surface area contributed by atoms with Crippen LogP contribution in [0.1, 0.15) is 54.4 Å². The van der Waals surface area contributed by atoms with Crippen LogP contribution in [-0.2, 0) is 4.79 Å². The maximum absolute atomic E-state index is 13.7. The Hall–Kier alpha value is -3.33. The van der Waals surface area contributed by atoms with E-state index in [9.17, 15) is 9.59 Å². The molecule has 3 aromatic heterocycles. The van der Waals surface area contributed by atoms with Crippen molar-refractivity contribution in [2.45, 2.75) is 45.6 Å². The predicted molar refractivity (Wildman–Crippen MR) is 129 cm³/mol. The van der Waals surface area contributed by atoms with Crippen molar-refractivity contribution < 1.29 is 9.59 Å². The van der Waals surface area contributed by atoms with E-state index in [1.165, 1.54) is 0 Å². The SMILES string of the molecule is Cc1nn(-c2ccccn2)c2nc(C3CC3)cc(C(=O)N3CCN(CC(=O)NC(C)C)CC3)c12. The Kier molecular flexibility index (Phi) is 6.03. The monoisotopic (exact) mass is 461 g/mol. The van der Waals surface area contributed by atoms with Gasteiger partial charge in [-0.05, 0) is 51.8 Å². The highest BCUT2D eigenvalue weighted by atomic mass is 16.2. The van der Waals surface area contributed by atoms with Crippen LogP contribution in [0.15, 0.2) is 30.5 Å². The number of carbonyl (C=O) groups excluding carboxylic acids is 2. The van der Waals surface area contributed by atoms with Crippen molar-refractivity contribution in [3.05, 3.63) is 47.4 Å². The van der Waals surface area contributed by atoms with Crippen LogP contribution in [0, 0.1) is 6.92 Å². The fraction of sp³-hybridized carbons (Fsp3) is 0.480. The zero-order valence-electron chi connectivity index (χ0n) is 20.0. The first kappa shape index (κ1) is 22.5. The summed E-state index contributed by atoms with van der Waals surface area (Å²) in [6.07, 6.45) is 3.93. The number of nitrogens with zero attached hydrogens (tertiary/aromatic N) is 6. The first-order chi connectivity index (χ1) is 16.4. The number of aromatic nitrogens is 4. The second-order valence-corrected chi connectivity index (χ2v) is 9.54. The third-order valence-electron chi connectivity index (χ3n) is 6.40. The van der Waals surface area contributed by atoms with Crippen LogP contribution < -0.4 is 5.32 Å². The Labute approximate surface area is 199 Å². The largest absolute Gasteiger partial charge is 0.353 e. The van der Waals surface area contributed by atoms with Gasteiger partial charge in [0.05, 0.1) is 23.2 Å². The van der Waals surface area contributed by atoms with Crippen molar-refractivity contribution in [1.82, 2.24) is 34.9 Å². The van der Waals surface area contributed by atoms with E-state index in [1.54, 1.807) is 10.9 Å². The van der Waals surface area contributed by atoms with E-state index in [0.29, 0.717) is 55.7 Å². The number of carbonyl (C=O) groups is 2. The summed E-state index contributed by atoms with van der Waals surface area (Å²) in [6.45, 7) is 8.72. The number of piperazine rings is 1. The highest BCUT2D eigenvalue weighted by Gasteiger charge is 2.31. The Morgan fingerprint density at radius 3 is 2.56 bits per heavy atom. The Bertz CT molecular complexity index is 1210. The Morgan fingerprint density at radius 2 is 1.91 bits per heavy atom. The van der Waals surface area contributed by atoms with Gasteiger partial charge in [0.15, 0.2) is 11.5 Å². The number of rotatable bonds is 6. The van der Waals surface area contributed by atoms with E-state index in [-0.39, 0.29) is 17.9 Å². The van der Waals surface area contributed by atoms with E-state index >= 15 is 0 Å². The van der Waals surface area contributed by atoms with Gasteiger partial charge in [0.25, 0.3) is 5.91 Å². The molecule has 0 unspecified atom stereocenters. The summed E-state index contributed by atoms with van der Waals surface area (Å²) >= 11 is 0. The van der Waals surface area contributed by atoms with E-state index in [0.717, 1.165) is 29.6 Å². The topological polar surface area (TPSA) is 96.2 Å². The van der Waals surface area contributed by atoms with Crippen molar-refractivity contribution in [2.24, 2.45) is 0 Å². The van der Waals surface area contributed by atoms with Crippen molar-refractivity contribution in [1.29, 1.82) is 0 Å². The van der Waals surface area contributed by atoms with Crippen molar-refractivity contribution in [2.75, 3.05) is 32.7 Å². The summed E-state index contributed by atoms with van der Waals surface area (Å²) in [7, 11) is 0. The molecule has 2 fully saturated rings. The van der Waals surface area contributed by atoms with Gasteiger partial charge in [-0.25, -0.2) is 9.97 Å². The molecule has 4 heterocycles. The molecule has 2 aliphatic rings. The fourth-order valence-corrected chi connectivity index (χ4v) is 4.55. The van der Waals surface area contributed by atoms with Gasteiger partial charge in [0.2, 0.25) is 5.91 Å². The number of hydrogen-bond donors (Lipinski definition) is 1. The lowest BCUT2D eigenvalue weighted by atomic mass is 10.1. The number of amides is 2. The molecule has 0 aromatic carbocycles. The normalized spacial score (nSPS) is 16.9. The Balaban J connectivity index is 1.42. The minimum Gasteiger partial charge on any atom is -0.353 e. The second-order valence-electron chi connectivity index (χ2n) is 9.54.